The predicted octanol–water partition coefficient (Wildman–Crippen LogP) is 2.18. The third-order valence-corrected chi connectivity index (χ3v) is 4.31. The van der Waals surface area contributed by atoms with Crippen molar-refractivity contribution in [2.45, 2.75) is 12.3 Å². The van der Waals surface area contributed by atoms with Crippen LogP contribution >= 0.6 is 0 Å². The molecule has 0 unspecified atom stereocenters. The van der Waals surface area contributed by atoms with E-state index in [-0.39, 0.29) is 12.5 Å². The van der Waals surface area contributed by atoms with Gasteiger partial charge in [-0.3, -0.25) is 9.59 Å². The van der Waals surface area contributed by atoms with Crippen LogP contribution in [0.2, 0.25) is 0 Å². The van der Waals surface area contributed by atoms with Crippen LogP contribution in [0.3, 0.4) is 0 Å². The Hall–Kier alpha value is -2.82. The largest absolute Gasteiger partial charge is 0.484 e. The topological polar surface area (TPSA) is 72.6 Å². The van der Waals surface area contributed by atoms with Gasteiger partial charge in [-0.25, -0.2) is 0 Å². The zero-order valence-corrected chi connectivity index (χ0v) is 13.4. The fourth-order valence-electron chi connectivity index (χ4n) is 2.94. The molecule has 0 saturated carbocycles. The number of hydrogen-bond donors (Lipinski definition) is 1. The van der Waals surface area contributed by atoms with E-state index in [9.17, 15) is 9.59 Å². The minimum absolute atomic E-state index is 0.00255. The average Bonchev–Trinajstić information content (AvgIpc) is 3.11. The molecule has 1 heterocycles. The normalized spacial score (nSPS) is 16.8. The summed E-state index contributed by atoms with van der Waals surface area (Å²) in [4.78, 5) is 25.2. The van der Waals surface area contributed by atoms with Crippen LogP contribution in [-0.2, 0) is 4.79 Å². The predicted molar refractivity (Wildman–Crippen MR) is 90.8 cm³/mol. The molecule has 3 rings (SSSR count). The van der Waals surface area contributed by atoms with Gasteiger partial charge in [0, 0.05) is 24.6 Å². The number of rotatable bonds is 5. The maximum Gasteiger partial charge on any atom is 0.260 e. The Balaban J connectivity index is 1.51. The maximum absolute atomic E-state index is 12.3. The molecule has 0 aliphatic carbocycles. The highest BCUT2D eigenvalue weighted by Gasteiger charge is 2.27. The smallest absolute Gasteiger partial charge is 0.260 e. The minimum Gasteiger partial charge on any atom is -0.484 e. The first-order valence-electron chi connectivity index (χ1n) is 7.99. The first-order chi connectivity index (χ1) is 11.6. The quantitative estimate of drug-likeness (QED) is 0.916. The van der Waals surface area contributed by atoms with E-state index in [1.807, 2.05) is 23.1 Å². The molecule has 2 aromatic carbocycles. The Morgan fingerprint density at radius 3 is 2.46 bits per heavy atom. The highest BCUT2D eigenvalue weighted by Crippen LogP contribution is 2.27. The fraction of sp³-hybridized carbons (Fsp3) is 0.263. The number of nitrogens with zero attached hydrogens (tertiary/aromatic N) is 1. The molecule has 1 aliphatic heterocycles. The van der Waals surface area contributed by atoms with E-state index in [0.717, 1.165) is 19.5 Å². The summed E-state index contributed by atoms with van der Waals surface area (Å²) in [6.45, 7) is 1.48. The molecular formula is C19H20N2O3. The summed E-state index contributed by atoms with van der Waals surface area (Å²) in [5, 5.41) is 0. The number of nitrogens with two attached hydrogens (primary N) is 1. The lowest BCUT2D eigenvalue weighted by molar-refractivity contribution is -0.132. The molecule has 5 nitrogen and oxygen atoms in total. The number of amides is 2. The van der Waals surface area contributed by atoms with Crippen LogP contribution in [0.5, 0.6) is 5.75 Å². The molecule has 1 atom stereocenters. The molecule has 2 aromatic rings. The first kappa shape index (κ1) is 16.1. The van der Waals surface area contributed by atoms with Gasteiger partial charge in [0.05, 0.1) is 0 Å². The molecule has 124 valence electrons. The molecule has 2 amide bonds. The van der Waals surface area contributed by atoms with Crippen molar-refractivity contribution in [1.29, 1.82) is 0 Å². The third-order valence-electron chi connectivity index (χ3n) is 4.31. The number of hydrogen-bond acceptors (Lipinski definition) is 3. The maximum atomic E-state index is 12.3. The standard InChI is InChI=1S/C19H20N2O3/c20-19(23)15-6-8-17(9-7-15)24-13-18(22)21-11-10-16(12-21)14-4-2-1-3-5-14/h1-9,16H,10-13H2,(H2,20,23)/t16-/m0/s1. The van der Waals surface area contributed by atoms with Crippen molar-refractivity contribution < 1.29 is 14.3 Å². The molecule has 1 saturated heterocycles. The zero-order chi connectivity index (χ0) is 16.9. The summed E-state index contributed by atoms with van der Waals surface area (Å²) < 4.78 is 5.51. The lowest BCUT2D eigenvalue weighted by Crippen LogP contribution is -2.32. The lowest BCUT2D eigenvalue weighted by atomic mass is 9.99. The summed E-state index contributed by atoms with van der Waals surface area (Å²) in [5.41, 5.74) is 6.88. The van der Waals surface area contributed by atoms with E-state index in [1.165, 1.54) is 5.56 Å². The minimum atomic E-state index is -0.485. The van der Waals surface area contributed by atoms with E-state index in [0.29, 0.717) is 17.2 Å². The van der Waals surface area contributed by atoms with Crippen LogP contribution in [-0.4, -0.2) is 36.4 Å². The lowest BCUT2D eigenvalue weighted by Gasteiger charge is -2.17. The van der Waals surface area contributed by atoms with Crippen LogP contribution in [0.15, 0.2) is 54.6 Å². The number of carbonyl (C=O) groups excluding carboxylic acids is 2. The average molecular weight is 324 g/mol. The van der Waals surface area contributed by atoms with Gasteiger partial charge in [-0.2, -0.15) is 0 Å². The Kier molecular flexibility index (Phi) is 4.79. The van der Waals surface area contributed by atoms with Crippen molar-refractivity contribution in [1.82, 2.24) is 4.90 Å². The SMILES string of the molecule is NC(=O)c1ccc(OCC(=O)N2CC[C@H](c3ccccc3)C2)cc1. The van der Waals surface area contributed by atoms with Crippen LogP contribution < -0.4 is 10.5 Å². The zero-order valence-electron chi connectivity index (χ0n) is 13.4. The van der Waals surface area contributed by atoms with E-state index in [1.54, 1.807) is 24.3 Å². The van der Waals surface area contributed by atoms with Crippen molar-refractivity contribution in [3.63, 3.8) is 0 Å². The molecule has 0 bridgehead atoms. The van der Waals surface area contributed by atoms with Crippen molar-refractivity contribution in [2.24, 2.45) is 5.73 Å². The van der Waals surface area contributed by atoms with Gasteiger partial charge in [-0.05, 0) is 36.2 Å². The molecule has 2 N–H and O–H groups in total. The van der Waals surface area contributed by atoms with Crippen molar-refractivity contribution in [3.8, 4) is 5.75 Å². The molecule has 0 spiro atoms. The second-order valence-electron chi connectivity index (χ2n) is 5.91. The molecule has 0 aromatic heterocycles. The number of benzene rings is 2. The first-order valence-corrected chi connectivity index (χ1v) is 7.99. The Labute approximate surface area is 141 Å². The summed E-state index contributed by atoms with van der Waals surface area (Å²) >= 11 is 0. The summed E-state index contributed by atoms with van der Waals surface area (Å²) in [6.07, 6.45) is 0.975. The van der Waals surface area contributed by atoms with Gasteiger partial charge in [0.1, 0.15) is 5.75 Å². The number of carbonyl (C=O) groups is 2. The van der Waals surface area contributed by atoms with E-state index in [2.05, 4.69) is 12.1 Å². The Bertz CT molecular complexity index is 713. The van der Waals surface area contributed by atoms with Gasteiger partial charge < -0.3 is 15.4 Å². The van der Waals surface area contributed by atoms with Crippen molar-refractivity contribution in [2.75, 3.05) is 19.7 Å². The molecule has 5 heteroatoms. The monoisotopic (exact) mass is 324 g/mol. The highest BCUT2D eigenvalue weighted by atomic mass is 16.5. The Morgan fingerprint density at radius 1 is 1.08 bits per heavy atom. The van der Waals surface area contributed by atoms with Crippen molar-refractivity contribution in [3.05, 3.63) is 65.7 Å². The van der Waals surface area contributed by atoms with Crippen LogP contribution in [0.1, 0.15) is 28.3 Å². The second kappa shape index (κ2) is 7.17. The van der Waals surface area contributed by atoms with Gasteiger partial charge in [0.15, 0.2) is 6.61 Å². The summed E-state index contributed by atoms with van der Waals surface area (Å²) in [6, 6.07) is 16.7. The summed E-state index contributed by atoms with van der Waals surface area (Å²) in [5.74, 6) is 0.436. The van der Waals surface area contributed by atoms with E-state index >= 15 is 0 Å². The van der Waals surface area contributed by atoms with Gasteiger partial charge in [0.25, 0.3) is 5.91 Å². The molecule has 24 heavy (non-hydrogen) atoms. The van der Waals surface area contributed by atoms with Crippen LogP contribution in [0, 0.1) is 0 Å². The van der Waals surface area contributed by atoms with Gasteiger partial charge in [0.2, 0.25) is 5.91 Å². The molecular weight excluding hydrogens is 304 g/mol. The molecule has 1 aliphatic rings. The molecule has 1 fully saturated rings. The van der Waals surface area contributed by atoms with Crippen molar-refractivity contribution >= 4 is 11.8 Å². The molecule has 0 radical (unpaired) electrons. The van der Waals surface area contributed by atoms with Gasteiger partial charge in [-0.15, -0.1) is 0 Å². The third kappa shape index (κ3) is 3.74. The van der Waals surface area contributed by atoms with E-state index < -0.39 is 5.91 Å². The fourth-order valence-corrected chi connectivity index (χ4v) is 2.94. The summed E-state index contributed by atoms with van der Waals surface area (Å²) in [7, 11) is 0. The number of ether oxygens (including phenoxy) is 1. The van der Waals surface area contributed by atoms with Gasteiger partial charge >= 0.3 is 0 Å². The number of primary amides is 1. The Morgan fingerprint density at radius 2 is 1.79 bits per heavy atom. The van der Waals surface area contributed by atoms with E-state index in [4.69, 9.17) is 10.5 Å². The highest BCUT2D eigenvalue weighted by molar-refractivity contribution is 5.92. The number of likely N-dealkylation sites (tertiary alicyclic amines) is 1. The second-order valence-corrected chi connectivity index (χ2v) is 5.91. The van der Waals surface area contributed by atoms with Crippen LogP contribution in [0.25, 0.3) is 0 Å². The van der Waals surface area contributed by atoms with Gasteiger partial charge in [-0.1, -0.05) is 30.3 Å². The van der Waals surface area contributed by atoms with Crippen LogP contribution in [0.4, 0.5) is 0 Å².